The number of carbonyl (C=O) groups excluding carboxylic acids is 1. The standard InChI is InChI=1S/C21H26FN3O6S2/c1-32(27,28)25(19-8-4-17(22)5-9-19)12-2-3-21(26)23-18-6-10-20(11-7-18)33(29,30)24-13-15-31-16-14-24/h4-11H,2-3,12-16H2,1H3,(H,23,26). The molecule has 0 bridgehead atoms. The average Bonchev–Trinajstić information content (AvgIpc) is 2.78. The summed E-state index contributed by atoms with van der Waals surface area (Å²) >= 11 is 0. The maximum absolute atomic E-state index is 13.1. The first-order valence-electron chi connectivity index (χ1n) is 10.3. The first-order valence-corrected chi connectivity index (χ1v) is 13.6. The van der Waals surface area contributed by atoms with Crippen LogP contribution < -0.4 is 9.62 Å². The molecule has 0 saturated carbocycles. The number of amides is 1. The molecule has 1 saturated heterocycles. The highest BCUT2D eigenvalue weighted by molar-refractivity contribution is 7.92. The Hall–Kier alpha value is -2.54. The van der Waals surface area contributed by atoms with Crippen molar-refractivity contribution < 1.29 is 30.8 Å². The van der Waals surface area contributed by atoms with E-state index in [-0.39, 0.29) is 30.2 Å². The highest BCUT2D eigenvalue weighted by Gasteiger charge is 2.26. The molecule has 1 heterocycles. The number of ether oxygens (including phenoxy) is 1. The van der Waals surface area contributed by atoms with Crippen molar-refractivity contribution in [2.24, 2.45) is 0 Å². The zero-order valence-electron chi connectivity index (χ0n) is 18.1. The van der Waals surface area contributed by atoms with Gasteiger partial charge in [0.1, 0.15) is 5.82 Å². The van der Waals surface area contributed by atoms with Gasteiger partial charge in [0.05, 0.1) is 30.1 Å². The second-order valence-electron chi connectivity index (χ2n) is 7.50. The maximum Gasteiger partial charge on any atom is 0.243 e. The van der Waals surface area contributed by atoms with Crippen LogP contribution in [0.5, 0.6) is 0 Å². The van der Waals surface area contributed by atoms with Gasteiger partial charge in [-0.25, -0.2) is 21.2 Å². The van der Waals surface area contributed by atoms with Crippen LogP contribution in [0.3, 0.4) is 0 Å². The Morgan fingerprint density at radius 2 is 1.64 bits per heavy atom. The van der Waals surface area contributed by atoms with Gasteiger partial charge in [0.25, 0.3) is 0 Å². The quantitative estimate of drug-likeness (QED) is 0.565. The number of morpholine rings is 1. The van der Waals surface area contributed by atoms with Gasteiger partial charge in [-0.3, -0.25) is 9.10 Å². The first-order chi connectivity index (χ1) is 15.6. The molecule has 0 aromatic heterocycles. The van der Waals surface area contributed by atoms with Crippen LogP contribution in [0, 0.1) is 5.82 Å². The normalized spacial score (nSPS) is 15.2. The van der Waals surface area contributed by atoms with E-state index in [0.717, 1.165) is 10.6 Å². The van der Waals surface area contributed by atoms with Crippen molar-refractivity contribution in [3.05, 3.63) is 54.3 Å². The van der Waals surface area contributed by atoms with E-state index in [1.165, 1.54) is 52.8 Å². The molecule has 1 amide bonds. The van der Waals surface area contributed by atoms with Crippen molar-refractivity contribution in [2.45, 2.75) is 17.7 Å². The summed E-state index contributed by atoms with van der Waals surface area (Å²) in [6.45, 7) is 1.34. The van der Waals surface area contributed by atoms with Crippen LogP contribution in [0.4, 0.5) is 15.8 Å². The van der Waals surface area contributed by atoms with Gasteiger partial charge < -0.3 is 10.1 Å². The van der Waals surface area contributed by atoms with Gasteiger partial charge in [-0.2, -0.15) is 4.31 Å². The molecule has 12 heteroatoms. The third-order valence-corrected chi connectivity index (χ3v) is 8.13. The van der Waals surface area contributed by atoms with Crippen LogP contribution in [0.2, 0.25) is 0 Å². The molecule has 1 aliphatic heterocycles. The number of hydrogen-bond donors (Lipinski definition) is 1. The Balaban J connectivity index is 1.55. The van der Waals surface area contributed by atoms with Gasteiger partial charge >= 0.3 is 0 Å². The third kappa shape index (κ3) is 6.73. The Labute approximate surface area is 193 Å². The fourth-order valence-electron chi connectivity index (χ4n) is 3.35. The van der Waals surface area contributed by atoms with E-state index in [2.05, 4.69) is 5.32 Å². The summed E-state index contributed by atoms with van der Waals surface area (Å²) in [5.74, 6) is -0.818. The van der Waals surface area contributed by atoms with Crippen LogP contribution in [0.15, 0.2) is 53.4 Å². The lowest BCUT2D eigenvalue weighted by atomic mass is 10.2. The molecule has 9 nitrogen and oxygen atoms in total. The molecule has 0 unspecified atom stereocenters. The number of anilines is 2. The number of sulfonamides is 2. The molecule has 1 aliphatic rings. The monoisotopic (exact) mass is 499 g/mol. The second kappa shape index (κ2) is 10.6. The Morgan fingerprint density at radius 3 is 2.21 bits per heavy atom. The molecule has 1 N–H and O–H groups in total. The van der Waals surface area contributed by atoms with E-state index in [4.69, 9.17) is 4.74 Å². The van der Waals surface area contributed by atoms with E-state index in [0.29, 0.717) is 37.7 Å². The average molecular weight is 500 g/mol. The summed E-state index contributed by atoms with van der Waals surface area (Å²) in [5.41, 5.74) is 0.746. The third-order valence-electron chi connectivity index (χ3n) is 5.03. The molecule has 0 radical (unpaired) electrons. The lowest BCUT2D eigenvalue weighted by Crippen LogP contribution is -2.40. The predicted molar refractivity (Wildman–Crippen MR) is 122 cm³/mol. The fourth-order valence-corrected chi connectivity index (χ4v) is 5.72. The largest absolute Gasteiger partial charge is 0.379 e. The fraction of sp³-hybridized carbons (Fsp3) is 0.381. The maximum atomic E-state index is 13.1. The molecule has 0 spiro atoms. The van der Waals surface area contributed by atoms with Crippen molar-refractivity contribution in [3.8, 4) is 0 Å². The molecule has 2 aromatic rings. The number of benzene rings is 2. The minimum Gasteiger partial charge on any atom is -0.379 e. The summed E-state index contributed by atoms with van der Waals surface area (Å²) in [4.78, 5) is 12.4. The van der Waals surface area contributed by atoms with Gasteiger partial charge in [-0.1, -0.05) is 0 Å². The number of nitrogens with zero attached hydrogens (tertiary/aromatic N) is 2. The summed E-state index contributed by atoms with van der Waals surface area (Å²) in [6, 6.07) is 10.9. The summed E-state index contributed by atoms with van der Waals surface area (Å²) in [5, 5.41) is 2.67. The van der Waals surface area contributed by atoms with Gasteiger partial charge in [0.15, 0.2) is 0 Å². The van der Waals surface area contributed by atoms with E-state index < -0.39 is 25.9 Å². The summed E-state index contributed by atoms with van der Waals surface area (Å²) < 4.78 is 70.3. The van der Waals surface area contributed by atoms with E-state index in [9.17, 15) is 26.0 Å². The molecule has 0 atom stereocenters. The van der Waals surface area contributed by atoms with Crippen LogP contribution in [-0.2, 0) is 29.6 Å². The Bertz CT molecular complexity index is 1160. The topological polar surface area (TPSA) is 113 Å². The SMILES string of the molecule is CS(=O)(=O)N(CCCC(=O)Nc1ccc(S(=O)(=O)N2CCOCC2)cc1)c1ccc(F)cc1. The van der Waals surface area contributed by atoms with Gasteiger partial charge in [0.2, 0.25) is 26.0 Å². The van der Waals surface area contributed by atoms with Crippen molar-refractivity contribution in [2.75, 3.05) is 48.7 Å². The summed E-state index contributed by atoms with van der Waals surface area (Å²) in [7, 11) is -7.22. The molecule has 3 rings (SSSR count). The Kier molecular flexibility index (Phi) is 8.05. The van der Waals surface area contributed by atoms with Crippen LogP contribution >= 0.6 is 0 Å². The Morgan fingerprint density at radius 1 is 1.03 bits per heavy atom. The zero-order chi connectivity index (χ0) is 24.1. The number of nitrogens with one attached hydrogen (secondary N) is 1. The lowest BCUT2D eigenvalue weighted by molar-refractivity contribution is -0.116. The van der Waals surface area contributed by atoms with Crippen molar-refractivity contribution in [3.63, 3.8) is 0 Å². The zero-order valence-corrected chi connectivity index (χ0v) is 19.7. The smallest absolute Gasteiger partial charge is 0.243 e. The van der Waals surface area contributed by atoms with Crippen molar-refractivity contribution in [1.29, 1.82) is 0 Å². The molecule has 2 aromatic carbocycles. The van der Waals surface area contributed by atoms with E-state index >= 15 is 0 Å². The van der Waals surface area contributed by atoms with Gasteiger partial charge in [-0.05, 0) is 55.0 Å². The van der Waals surface area contributed by atoms with Crippen molar-refractivity contribution in [1.82, 2.24) is 4.31 Å². The van der Waals surface area contributed by atoms with Crippen molar-refractivity contribution >= 4 is 37.3 Å². The van der Waals surface area contributed by atoms with Gasteiger partial charge in [-0.15, -0.1) is 0 Å². The highest BCUT2D eigenvalue weighted by Crippen LogP contribution is 2.21. The molecule has 0 aliphatic carbocycles. The van der Waals surface area contributed by atoms with Crippen LogP contribution in [0.1, 0.15) is 12.8 Å². The lowest BCUT2D eigenvalue weighted by Gasteiger charge is -2.26. The summed E-state index contributed by atoms with van der Waals surface area (Å²) in [6.07, 6.45) is 1.32. The molecule has 1 fully saturated rings. The highest BCUT2D eigenvalue weighted by atomic mass is 32.2. The van der Waals surface area contributed by atoms with E-state index in [1.54, 1.807) is 0 Å². The number of halogens is 1. The molecular formula is C21H26FN3O6S2. The number of hydrogen-bond acceptors (Lipinski definition) is 6. The van der Waals surface area contributed by atoms with Crippen LogP contribution in [0.25, 0.3) is 0 Å². The number of rotatable bonds is 9. The minimum absolute atomic E-state index is 0.0427. The number of carbonyl (C=O) groups is 1. The van der Waals surface area contributed by atoms with Gasteiger partial charge in [0, 0.05) is 31.7 Å². The first kappa shape index (κ1) is 25.1. The predicted octanol–water partition coefficient (Wildman–Crippen LogP) is 2.03. The molecule has 33 heavy (non-hydrogen) atoms. The molecule has 180 valence electrons. The molecular weight excluding hydrogens is 473 g/mol. The minimum atomic E-state index is -3.62. The van der Waals surface area contributed by atoms with E-state index in [1.807, 2.05) is 0 Å². The second-order valence-corrected chi connectivity index (χ2v) is 11.3. The van der Waals surface area contributed by atoms with Crippen LogP contribution in [-0.4, -0.2) is 66.2 Å².